The Kier molecular flexibility index (Phi) is 6.40. The first-order valence-corrected chi connectivity index (χ1v) is 9.15. The van der Waals surface area contributed by atoms with Gasteiger partial charge in [0.25, 0.3) is 0 Å². The summed E-state index contributed by atoms with van der Waals surface area (Å²) in [7, 11) is 0. The predicted molar refractivity (Wildman–Crippen MR) is 107 cm³/mol. The smallest absolute Gasteiger partial charge is 0.0511 e. The Morgan fingerprint density at radius 2 is 1.69 bits per heavy atom. The van der Waals surface area contributed by atoms with E-state index in [1.165, 1.54) is 11.1 Å². The molecule has 3 aromatic rings. The van der Waals surface area contributed by atoms with Crippen molar-refractivity contribution in [3.63, 3.8) is 0 Å². The monoisotopic (exact) mass is 366 g/mol. The fourth-order valence-electron chi connectivity index (χ4n) is 2.99. The minimum absolute atomic E-state index is 0.0399. The molecule has 0 radical (unpaired) electrons. The third-order valence-corrected chi connectivity index (χ3v) is 4.88. The number of pyridine rings is 1. The number of halogens is 1. The second kappa shape index (κ2) is 8.95. The molecule has 0 aliphatic heterocycles. The third kappa shape index (κ3) is 4.70. The molecule has 134 valence electrons. The molecule has 1 aromatic heterocycles. The largest absolute Gasteiger partial charge is 0.396 e. The van der Waals surface area contributed by atoms with E-state index in [2.05, 4.69) is 41.5 Å². The molecule has 4 heteroatoms. The topological polar surface area (TPSA) is 45.1 Å². The molecule has 3 nitrogen and oxygen atoms in total. The molecule has 0 aliphatic carbocycles. The number of benzene rings is 2. The molecule has 2 aromatic carbocycles. The molecule has 2 N–H and O–H groups in total. The summed E-state index contributed by atoms with van der Waals surface area (Å²) in [6, 6.07) is 20.4. The summed E-state index contributed by atoms with van der Waals surface area (Å²) >= 11 is 5.95. The molecule has 0 amide bonds. The van der Waals surface area contributed by atoms with E-state index in [0.29, 0.717) is 11.6 Å². The van der Waals surface area contributed by atoms with E-state index in [1.807, 2.05) is 48.8 Å². The van der Waals surface area contributed by atoms with Gasteiger partial charge in [0.05, 0.1) is 6.61 Å². The van der Waals surface area contributed by atoms with Crippen LogP contribution in [-0.2, 0) is 0 Å². The number of aromatic nitrogens is 1. The summed E-state index contributed by atoms with van der Waals surface area (Å²) in [5.41, 5.74) is 4.63. The van der Waals surface area contributed by atoms with Gasteiger partial charge >= 0.3 is 0 Å². The zero-order chi connectivity index (χ0) is 18.4. The van der Waals surface area contributed by atoms with E-state index in [9.17, 15) is 5.11 Å². The van der Waals surface area contributed by atoms with Crippen LogP contribution in [0.1, 0.15) is 30.0 Å². The van der Waals surface area contributed by atoms with Gasteiger partial charge in [0.2, 0.25) is 0 Å². The molecular formula is C22H23ClN2O. The number of hydrogen-bond acceptors (Lipinski definition) is 3. The summed E-state index contributed by atoms with van der Waals surface area (Å²) in [6.07, 6.45) is 3.61. The number of nitrogens with zero attached hydrogens (tertiary/aromatic N) is 1. The minimum Gasteiger partial charge on any atom is -0.396 e. The van der Waals surface area contributed by atoms with Gasteiger partial charge in [0.15, 0.2) is 0 Å². The van der Waals surface area contributed by atoms with Crippen LogP contribution in [0.15, 0.2) is 73.1 Å². The summed E-state index contributed by atoms with van der Waals surface area (Å²) in [5.74, 6) is 0.0399. The van der Waals surface area contributed by atoms with Crippen LogP contribution in [0, 0.1) is 0 Å². The molecule has 0 fully saturated rings. The van der Waals surface area contributed by atoms with Crippen molar-refractivity contribution in [3.05, 3.63) is 89.2 Å². The minimum atomic E-state index is 0.0399. The van der Waals surface area contributed by atoms with E-state index >= 15 is 0 Å². The van der Waals surface area contributed by atoms with Gasteiger partial charge < -0.3 is 10.4 Å². The molecule has 2 unspecified atom stereocenters. The first-order chi connectivity index (χ1) is 12.7. The summed E-state index contributed by atoms with van der Waals surface area (Å²) in [6.45, 7) is 2.93. The molecule has 0 saturated carbocycles. The molecule has 26 heavy (non-hydrogen) atoms. The highest BCUT2D eigenvalue weighted by atomic mass is 35.5. The second-order valence-corrected chi connectivity index (χ2v) is 6.86. The third-order valence-electron chi connectivity index (χ3n) is 4.63. The Balaban J connectivity index is 1.68. The van der Waals surface area contributed by atoms with Crippen LogP contribution in [0.5, 0.6) is 0 Å². The van der Waals surface area contributed by atoms with Gasteiger partial charge in [-0.3, -0.25) is 4.98 Å². The van der Waals surface area contributed by atoms with Crippen molar-refractivity contribution < 1.29 is 5.11 Å². The zero-order valence-electron chi connectivity index (χ0n) is 14.8. The highest BCUT2D eigenvalue weighted by molar-refractivity contribution is 6.30. The lowest BCUT2D eigenvalue weighted by Crippen LogP contribution is -2.26. The first-order valence-electron chi connectivity index (χ1n) is 8.77. The fraction of sp³-hybridized carbons (Fsp3) is 0.227. The lowest BCUT2D eigenvalue weighted by Gasteiger charge is -2.20. The molecule has 3 rings (SSSR count). The SMILES string of the molecule is CC(NCC(CO)c1ccc(Cl)cc1)c1cccc(-c2ccncc2)c1. The predicted octanol–water partition coefficient (Wildman–Crippen LogP) is 4.83. The van der Waals surface area contributed by atoms with Crippen molar-refractivity contribution in [2.24, 2.45) is 0 Å². The number of hydrogen-bond donors (Lipinski definition) is 2. The van der Waals surface area contributed by atoms with Crippen LogP contribution in [0.25, 0.3) is 11.1 Å². The van der Waals surface area contributed by atoms with Gasteiger partial charge in [-0.25, -0.2) is 0 Å². The van der Waals surface area contributed by atoms with Crippen LogP contribution in [0.2, 0.25) is 5.02 Å². The Morgan fingerprint density at radius 3 is 2.38 bits per heavy atom. The number of nitrogens with one attached hydrogen (secondary N) is 1. The van der Waals surface area contributed by atoms with E-state index in [4.69, 9.17) is 11.6 Å². The Bertz CT molecular complexity index is 821. The van der Waals surface area contributed by atoms with Crippen molar-refractivity contribution in [1.29, 1.82) is 0 Å². The highest BCUT2D eigenvalue weighted by Gasteiger charge is 2.13. The zero-order valence-corrected chi connectivity index (χ0v) is 15.5. The van der Waals surface area contributed by atoms with E-state index in [-0.39, 0.29) is 18.6 Å². The number of rotatable bonds is 7. The van der Waals surface area contributed by atoms with Crippen LogP contribution in [0.4, 0.5) is 0 Å². The highest BCUT2D eigenvalue weighted by Crippen LogP contribution is 2.24. The van der Waals surface area contributed by atoms with Crippen molar-refractivity contribution in [3.8, 4) is 11.1 Å². The second-order valence-electron chi connectivity index (χ2n) is 6.42. The first kappa shape index (κ1) is 18.6. The average Bonchev–Trinajstić information content (AvgIpc) is 2.70. The average molecular weight is 367 g/mol. The Morgan fingerprint density at radius 1 is 0.962 bits per heavy atom. The molecule has 0 saturated heterocycles. The van der Waals surface area contributed by atoms with Crippen LogP contribution in [0.3, 0.4) is 0 Å². The molecule has 0 bridgehead atoms. The van der Waals surface area contributed by atoms with Crippen LogP contribution < -0.4 is 5.32 Å². The normalized spacial score (nSPS) is 13.3. The van der Waals surface area contributed by atoms with Gasteiger partial charge in [-0.05, 0) is 59.5 Å². The Hall–Kier alpha value is -2.20. The molecule has 1 heterocycles. The molecule has 0 spiro atoms. The van der Waals surface area contributed by atoms with E-state index in [1.54, 1.807) is 0 Å². The van der Waals surface area contributed by atoms with Gasteiger partial charge in [0, 0.05) is 35.9 Å². The quantitative estimate of drug-likeness (QED) is 0.629. The van der Waals surface area contributed by atoms with Crippen LogP contribution >= 0.6 is 11.6 Å². The van der Waals surface area contributed by atoms with E-state index in [0.717, 1.165) is 11.1 Å². The van der Waals surface area contributed by atoms with Gasteiger partial charge in [-0.15, -0.1) is 0 Å². The maximum atomic E-state index is 9.75. The van der Waals surface area contributed by atoms with Crippen molar-refractivity contribution in [2.45, 2.75) is 18.9 Å². The van der Waals surface area contributed by atoms with Crippen molar-refractivity contribution in [1.82, 2.24) is 10.3 Å². The van der Waals surface area contributed by atoms with Gasteiger partial charge in [-0.2, -0.15) is 0 Å². The summed E-state index contributed by atoms with van der Waals surface area (Å²) < 4.78 is 0. The van der Waals surface area contributed by atoms with Crippen molar-refractivity contribution in [2.75, 3.05) is 13.2 Å². The molecule has 2 atom stereocenters. The van der Waals surface area contributed by atoms with E-state index < -0.39 is 0 Å². The van der Waals surface area contributed by atoms with Gasteiger partial charge in [-0.1, -0.05) is 41.9 Å². The summed E-state index contributed by atoms with van der Waals surface area (Å²) in [4.78, 5) is 4.08. The fourth-order valence-corrected chi connectivity index (χ4v) is 3.12. The number of aliphatic hydroxyl groups is 1. The maximum absolute atomic E-state index is 9.75. The molecule has 0 aliphatic rings. The Labute approximate surface area is 159 Å². The van der Waals surface area contributed by atoms with Crippen molar-refractivity contribution >= 4 is 11.6 Å². The lowest BCUT2D eigenvalue weighted by molar-refractivity contribution is 0.259. The van der Waals surface area contributed by atoms with Crippen LogP contribution in [-0.4, -0.2) is 23.2 Å². The molecular weight excluding hydrogens is 344 g/mol. The number of aliphatic hydroxyl groups excluding tert-OH is 1. The summed E-state index contributed by atoms with van der Waals surface area (Å²) in [5, 5.41) is 14.0. The maximum Gasteiger partial charge on any atom is 0.0511 e. The van der Waals surface area contributed by atoms with Gasteiger partial charge in [0.1, 0.15) is 0 Å². The standard InChI is InChI=1S/C22H23ClN2O/c1-16(25-14-21(15-26)17-5-7-22(23)8-6-17)19-3-2-4-20(13-19)18-9-11-24-12-10-18/h2-13,16,21,25-26H,14-15H2,1H3. The lowest BCUT2D eigenvalue weighted by atomic mass is 9.98.